The third-order valence-electron chi connectivity index (χ3n) is 3.00. The molecule has 0 unspecified atom stereocenters. The quantitative estimate of drug-likeness (QED) is 0.884. The maximum atomic E-state index is 11.5. The predicted molar refractivity (Wildman–Crippen MR) is 72.1 cm³/mol. The summed E-state index contributed by atoms with van der Waals surface area (Å²) in [4.78, 5) is 28.4. The molecule has 0 spiro atoms. The lowest BCUT2D eigenvalue weighted by atomic mass is 10.1. The van der Waals surface area contributed by atoms with Crippen molar-refractivity contribution >= 4 is 5.97 Å². The van der Waals surface area contributed by atoms with Crippen molar-refractivity contribution in [3.8, 4) is 5.75 Å². The average Bonchev–Trinajstić information content (AvgIpc) is 2.40. The molecular weight excluding hydrogens is 260 g/mol. The molecule has 20 heavy (non-hydrogen) atoms. The van der Waals surface area contributed by atoms with Crippen molar-refractivity contribution in [1.29, 1.82) is 0 Å². The average molecular weight is 274 g/mol. The summed E-state index contributed by atoms with van der Waals surface area (Å²) in [6, 6.07) is 5.68. The van der Waals surface area contributed by atoms with Gasteiger partial charge in [-0.15, -0.1) is 0 Å². The Morgan fingerprint density at radius 3 is 2.80 bits per heavy atom. The maximum Gasteiger partial charge on any atom is 0.342 e. The minimum Gasteiger partial charge on any atom is -0.485 e. The van der Waals surface area contributed by atoms with E-state index >= 15 is 0 Å². The van der Waals surface area contributed by atoms with Gasteiger partial charge in [0, 0.05) is 6.20 Å². The van der Waals surface area contributed by atoms with Crippen molar-refractivity contribution in [2.75, 3.05) is 0 Å². The van der Waals surface area contributed by atoms with Gasteiger partial charge in [0.15, 0.2) is 0 Å². The van der Waals surface area contributed by atoms with Gasteiger partial charge < -0.3 is 14.8 Å². The highest BCUT2D eigenvalue weighted by Gasteiger charge is 2.10. The normalized spacial score (nSPS) is 10.3. The zero-order valence-corrected chi connectivity index (χ0v) is 11.1. The number of hydrogen-bond acceptors (Lipinski definition) is 4. The number of nitrogens with one attached hydrogen (secondary N) is 1. The van der Waals surface area contributed by atoms with Gasteiger partial charge in [-0.25, -0.2) is 9.78 Å². The fourth-order valence-corrected chi connectivity index (χ4v) is 1.68. The van der Waals surface area contributed by atoms with Crippen LogP contribution in [0.1, 0.15) is 27.3 Å². The van der Waals surface area contributed by atoms with Crippen LogP contribution < -0.4 is 10.3 Å². The van der Waals surface area contributed by atoms with Crippen LogP contribution in [0, 0.1) is 13.8 Å². The van der Waals surface area contributed by atoms with E-state index < -0.39 is 11.5 Å². The molecule has 1 aromatic heterocycles. The van der Waals surface area contributed by atoms with Gasteiger partial charge in [0.1, 0.15) is 23.7 Å². The minimum atomic E-state index is -1.30. The first-order chi connectivity index (χ1) is 9.49. The second kappa shape index (κ2) is 5.56. The number of nitrogens with zero attached hydrogens (tertiary/aromatic N) is 1. The van der Waals surface area contributed by atoms with Crippen LogP contribution >= 0.6 is 0 Å². The van der Waals surface area contributed by atoms with Crippen LogP contribution in [0.5, 0.6) is 5.75 Å². The summed E-state index contributed by atoms with van der Waals surface area (Å²) in [6.07, 6.45) is 1.03. The first kappa shape index (κ1) is 13.8. The number of carbonyl (C=O) groups is 1. The Morgan fingerprint density at radius 2 is 2.15 bits per heavy atom. The predicted octanol–water partition coefficient (Wildman–Crippen LogP) is 1.66. The molecule has 0 radical (unpaired) electrons. The number of aromatic nitrogens is 2. The van der Waals surface area contributed by atoms with Crippen LogP contribution in [-0.4, -0.2) is 21.0 Å². The SMILES string of the molecule is Cc1cccc(OCc2ncc(C(=O)O)c(=O)[nH]2)c1C. The second-order valence-electron chi connectivity index (χ2n) is 4.36. The van der Waals surface area contributed by atoms with Gasteiger partial charge >= 0.3 is 5.97 Å². The van der Waals surface area contributed by atoms with E-state index in [2.05, 4.69) is 9.97 Å². The van der Waals surface area contributed by atoms with Crippen LogP contribution in [0.25, 0.3) is 0 Å². The molecule has 0 aliphatic rings. The Kier molecular flexibility index (Phi) is 3.84. The Labute approximate surface area is 115 Å². The van der Waals surface area contributed by atoms with Crippen molar-refractivity contribution < 1.29 is 14.6 Å². The zero-order valence-electron chi connectivity index (χ0n) is 11.1. The molecule has 0 fully saturated rings. The van der Waals surface area contributed by atoms with Gasteiger partial charge in [-0.3, -0.25) is 4.79 Å². The fourth-order valence-electron chi connectivity index (χ4n) is 1.68. The number of carboxylic acids is 1. The van der Waals surface area contributed by atoms with Crippen molar-refractivity contribution in [3.05, 3.63) is 57.3 Å². The summed E-state index contributed by atoms with van der Waals surface area (Å²) >= 11 is 0. The van der Waals surface area contributed by atoms with Gasteiger partial charge in [-0.2, -0.15) is 0 Å². The molecule has 104 valence electrons. The van der Waals surface area contributed by atoms with Gasteiger partial charge in [0.2, 0.25) is 0 Å². The number of benzene rings is 1. The molecular formula is C14H14N2O4. The Bertz CT molecular complexity index is 707. The molecule has 1 heterocycles. The van der Waals surface area contributed by atoms with E-state index in [-0.39, 0.29) is 18.0 Å². The molecule has 2 N–H and O–H groups in total. The molecule has 0 saturated heterocycles. The number of hydrogen-bond donors (Lipinski definition) is 2. The molecule has 0 saturated carbocycles. The Morgan fingerprint density at radius 1 is 1.40 bits per heavy atom. The lowest BCUT2D eigenvalue weighted by Crippen LogP contribution is -2.20. The molecule has 2 rings (SSSR count). The standard InChI is InChI=1S/C14H14N2O4/c1-8-4-3-5-11(9(8)2)20-7-12-15-6-10(14(18)19)13(17)16-12/h3-6H,7H2,1-2H3,(H,18,19)(H,15,16,17). The fraction of sp³-hybridized carbons (Fsp3) is 0.214. The molecule has 6 nitrogen and oxygen atoms in total. The summed E-state index contributed by atoms with van der Waals surface area (Å²) in [5.74, 6) is -0.323. The van der Waals surface area contributed by atoms with E-state index in [1.165, 1.54) is 0 Å². The van der Waals surface area contributed by atoms with Crippen molar-refractivity contribution in [2.24, 2.45) is 0 Å². The maximum absolute atomic E-state index is 11.5. The van der Waals surface area contributed by atoms with E-state index in [9.17, 15) is 9.59 Å². The third kappa shape index (κ3) is 2.85. The molecule has 0 aliphatic carbocycles. The highest BCUT2D eigenvalue weighted by atomic mass is 16.5. The number of ether oxygens (including phenoxy) is 1. The third-order valence-corrected chi connectivity index (χ3v) is 3.00. The summed E-state index contributed by atoms with van der Waals surface area (Å²) < 4.78 is 5.58. The van der Waals surface area contributed by atoms with Gasteiger partial charge in [0.25, 0.3) is 5.56 Å². The molecule has 0 bridgehead atoms. The lowest BCUT2D eigenvalue weighted by molar-refractivity contribution is 0.0694. The van der Waals surface area contributed by atoms with Crippen LogP contribution in [0.3, 0.4) is 0 Å². The highest BCUT2D eigenvalue weighted by Crippen LogP contribution is 2.21. The number of carboxylic acid groups (broad SMARTS) is 1. The monoisotopic (exact) mass is 274 g/mol. The van der Waals surface area contributed by atoms with E-state index in [1.54, 1.807) is 0 Å². The largest absolute Gasteiger partial charge is 0.485 e. The van der Waals surface area contributed by atoms with E-state index in [0.29, 0.717) is 5.75 Å². The van der Waals surface area contributed by atoms with Crippen LogP contribution in [0.15, 0.2) is 29.2 Å². The molecule has 1 aromatic carbocycles. The smallest absolute Gasteiger partial charge is 0.342 e. The number of aromatic carboxylic acids is 1. The van der Waals surface area contributed by atoms with E-state index in [0.717, 1.165) is 17.3 Å². The highest BCUT2D eigenvalue weighted by molar-refractivity contribution is 5.86. The summed E-state index contributed by atoms with van der Waals surface area (Å²) in [5.41, 5.74) is 1.04. The Balaban J connectivity index is 2.16. The number of aryl methyl sites for hydroxylation is 1. The van der Waals surface area contributed by atoms with Crippen molar-refractivity contribution in [1.82, 2.24) is 9.97 Å². The van der Waals surface area contributed by atoms with E-state index in [1.807, 2.05) is 32.0 Å². The topological polar surface area (TPSA) is 92.3 Å². The molecule has 2 aromatic rings. The van der Waals surface area contributed by atoms with Crippen LogP contribution in [0.2, 0.25) is 0 Å². The first-order valence-electron chi connectivity index (χ1n) is 5.99. The van der Waals surface area contributed by atoms with Crippen LogP contribution in [0.4, 0.5) is 0 Å². The zero-order chi connectivity index (χ0) is 14.7. The van der Waals surface area contributed by atoms with Crippen molar-refractivity contribution in [2.45, 2.75) is 20.5 Å². The van der Waals surface area contributed by atoms with Gasteiger partial charge in [-0.05, 0) is 31.0 Å². The summed E-state index contributed by atoms with van der Waals surface area (Å²) in [7, 11) is 0. The second-order valence-corrected chi connectivity index (χ2v) is 4.36. The first-order valence-corrected chi connectivity index (χ1v) is 5.99. The lowest BCUT2D eigenvalue weighted by Gasteiger charge is -2.10. The van der Waals surface area contributed by atoms with Gasteiger partial charge in [0.05, 0.1) is 0 Å². The van der Waals surface area contributed by atoms with Crippen molar-refractivity contribution in [3.63, 3.8) is 0 Å². The number of rotatable bonds is 4. The summed E-state index contributed by atoms with van der Waals surface area (Å²) in [5, 5.41) is 8.74. The number of aromatic amines is 1. The molecule has 0 aliphatic heterocycles. The number of H-pyrrole nitrogens is 1. The molecule has 0 atom stereocenters. The van der Waals surface area contributed by atoms with Gasteiger partial charge in [-0.1, -0.05) is 12.1 Å². The Hall–Kier alpha value is -2.63. The van der Waals surface area contributed by atoms with E-state index in [4.69, 9.17) is 9.84 Å². The molecule has 6 heteroatoms. The minimum absolute atomic E-state index is 0.0689. The van der Waals surface area contributed by atoms with Crippen LogP contribution in [-0.2, 0) is 6.61 Å². The summed E-state index contributed by atoms with van der Waals surface area (Å²) in [6.45, 7) is 3.98. The molecule has 0 amide bonds.